The van der Waals surface area contributed by atoms with Crippen molar-refractivity contribution in [1.29, 1.82) is 0 Å². The number of benzene rings is 1. The van der Waals surface area contributed by atoms with Gasteiger partial charge >= 0.3 is 0 Å². The van der Waals surface area contributed by atoms with Crippen molar-refractivity contribution in [1.82, 2.24) is 20.9 Å². The Morgan fingerprint density at radius 3 is 2.53 bits per heavy atom. The molecule has 32 heavy (non-hydrogen) atoms. The fraction of sp³-hybridized carbons (Fsp3) is 0.458. The number of carbonyl (C=O) groups excluding carboxylic acids is 2. The van der Waals surface area contributed by atoms with Gasteiger partial charge < -0.3 is 16.0 Å². The van der Waals surface area contributed by atoms with Crippen LogP contribution in [0.4, 0.5) is 4.39 Å². The minimum absolute atomic E-state index is 0. The maximum Gasteiger partial charge on any atom is 0.253 e. The number of hydrogen-bond donors (Lipinski definition) is 3. The Kier molecular flexibility index (Phi) is 8.59. The van der Waals surface area contributed by atoms with E-state index in [1.54, 1.807) is 24.3 Å². The van der Waals surface area contributed by atoms with Crippen molar-refractivity contribution in [2.24, 2.45) is 5.92 Å². The zero-order chi connectivity index (χ0) is 21.6. The molecule has 1 aliphatic heterocycles. The first-order chi connectivity index (χ1) is 15.1. The van der Waals surface area contributed by atoms with Crippen LogP contribution in [0.2, 0.25) is 0 Å². The molecule has 8 heteroatoms. The van der Waals surface area contributed by atoms with Gasteiger partial charge in [-0.05, 0) is 69.5 Å². The summed E-state index contributed by atoms with van der Waals surface area (Å²) in [6, 6.07) is 9.87. The van der Waals surface area contributed by atoms with Gasteiger partial charge in [0.25, 0.3) is 5.91 Å². The second-order valence-corrected chi connectivity index (χ2v) is 8.51. The van der Waals surface area contributed by atoms with E-state index >= 15 is 0 Å². The summed E-state index contributed by atoms with van der Waals surface area (Å²) < 4.78 is 13.4. The number of pyridine rings is 1. The fourth-order valence-corrected chi connectivity index (χ4v) is 4.46. The highest BCUT2D eigenvalue weighted by molar-refractivity contribution is 5.94. The summed E-state index contributed by atoms with van der Waals surface area (Å²) in [5.74, 6) is -0.450. The van der Waals surface area contributed by atoms with Crippen LogP contribution in [0, 0.1) is 11.7 Å². The first-order valence-corrected chi connectivity index (χ1v) is 11.1. The van der Waals surface area contributed by atoms with Gasteiger partial charge in [0, 0.05) is 29.8 Å². The van der Waals surface area contributed by atoms with Crippen LogP contribution in [0.5, 0.6) is 0 Å². The molecular weight excluding hydrogens is 431 g/mol. The number of hydrogen-bond acceptors (Lipinski definition) is 4. The van der Waals surface area contributed by atoms with Crippen LogP contribution >= 0.6 is 12.4 Å². The highest BCUT2D eigenvalue weighted by Crippen LogP contribution is 2.25. The summed E-state index contributed by atoms with van der Waals surface area (Å²) in [4.78, 5) is 29.7. The number of rotatable bonds is 5. The minimum Gasteiger partial charge on any atom is -0.353 e. The molecule has 0 spiro atoms. The summed E-state index contributed by atoms with van der Waals surface area (Å²) in [5, 5.41) is 9.56. The number of amides is 2. The van der Waals surface area contributed by atoms with Gasteiger partial charge in [0.05, 0.1) is 11.3 Å². The van der Waals surface area contributed by atoms with Crippen molar-refractivity contribution >= 4 is 24.2 Å². The molecular formula is C24H30ClFN4O2. The lowest BCUT2D eigenvalue weighted by Gasteiger charge is -2.31. The number of nitrogens with zero attached hydrogens (tertiary/aromatic N) is 1. The van der Waals surface area contributed by atoms with E-state index in [9.17, 15) is 14.0 Å². The normalized spacial score (nSPS) is 21.3. The van der Waals surface area contributed by atoms with E-state index in [1.807, 2.05) is 0 Å². The Bertz CT molecular complexity index is 918. The molecule has 1 aromatic carbocycles. The minimum atomic E-state index is -0.322. The largest absolute Gasteiger partial charge is 0.353 e. The van der Waals surface area contributed by atoms with Crippen molar-refractivity contribution in [3.05, 3.63) is 54.0 Å². The van der Waals surface area contributed by atoms with Crippen LogP contribution in [0.1, 0.15) is 48.9 Å². The van der Waals surface area contributed by atoms with Crippen molar-refractivity contribution in [2.75, 3.05) is 13.1 Å². The molecule has 4 rings (SSSR count). The first-order valence-electron chi connectivity index (χ1n) is 11.1. The molecule has 1 saturated heterocycles. The topological polar surface area (TPSA) is 83.1 Å². The Morgan fingerprint density at radius 2 is 1.81 bits per heavy atom. The summed E-state index contributed by atoms with van der Waals surface area (Å²) in [5.41, 5.74) is 1.74. The second kappa shape index (κ2) is 11.4. The van der Waals surface area contributed by atoms with Gasteiger partial charge in [-0.2, -0.15) is 0 Å². The molecule has 2 aromatic rings. The molecule has 0 radical (unpaired) electrons. The van der Waals surface area contributed by atoms with Crippen LogP contribution in [-0.2, 0) is 4.79 Å². The van der Waals surface area contributed by atoms with Crippen LogP contribution in [0.3, 0.4) is 0 Å². The van der Waals surface area contributed by atoms with Crippen molar-refractivity contribution in [3.63, 3.8) is 0 Å². The molecule has 172 valence electrons. The zero-order valence-corrected chi connectivity index (χ0v) is 18.8. The van der Waals surface area contributed by atoms with Gasteiger partial charge in [0.2, 0.25) is 5.91 Å². The molecule has 2 amide bonds. The molecule has 0 unspecified atom stereocenters. The predicted molar refractivity (Wildman–Crippen MR) is 124 cm³/mol. The van der Waals surface area contributed by atoms with E-state index in [0.29, 0.717) is 23.2 Å². The fourth-order valence-electron chi connectivity index (χ4n) is 4.46. The number of piperidine rings is 1. The van der Waals surface area contributed by atoms with Crippen LogP contribution < -0.4 is 16.0 Å². The molecule has 1 saturated carbocycles. The van der Waals surface area contributed by atoms with E-state index in [-0.39, 0.29) is 48.0 Å². The lowest BCUT2D eigenvalue weighted by molar-refractivity contribution is -0.127. The van der Waals surface area contributed by atoms with E-state index in [2.05, 4.69) is 20.9 Å². The molecule has 3 N–H and O–H groups in total. The lowest BCUT2D eigenvalue weighted by atomic mass is 9.84. The van der Waals surface area contributed by atoms with Crippen molar-refractivity contribution in [3.8, 4) is 11.3 Å². The van der Waals surface area contributed by atoms with Gasteiger partial charge in [-0.3, -0.25) is 14.6 Å². The average Bonchev–Trinajstić information content (AvgIpc) is 2.80. The quantitative estimate of drug-likeness (QED) is 0.638. The Labute approximate surface area is 194 Å². The molecule has 2 heterocycles. The molecule has 1 aromatic heterocycles. The molecule has 2 aliphatic rings. The molecule has 2 atom stereocenters. The standard InChI is InChI=1S/C24H29FN4O2.ClH/c25-19-5-1-3-16(13-19)22-8-7-18(15-27-22)24(31)29-21-6-2-4-17(14-21)23(30)28-20-9-11-26-12-10-20;/h1,3,5,7-8,13,15,17,20-21,26H,2,4,6,9-12,14H2,(H,28,30)(H,29,31);1H/t17-,21+;/m1./s1. The highest BCUT2D eigenvalue weighted by atomic mass is 35.5. The van der Waals surface area contributed by atoms with Gasteiger partial charge in [0.15, 0.2) is 0 Å². The van der Waals surface area contributed by atoms with Crippen molar-refractivity contribution < 1.29 is 14.0 Å². The number of halogens is 2. The maximum atomic E-state index is 13.4. The zero-order valence-electron chi connectivity index (χ0n) is 18.0. The molecule has 0 bridgehead atoms. The lowest BCUT2D eigenvalue weighted by Crippen LogP contribution is -2.47. The van der Waals surface area contributed by atoms with Crippen molar-refractivity contribution in [2.45, 2.75) is 50.6 Å². The van der Waals surface area contributed by atoms with E-state index < -0.39 is 0 Å². The van der Waals surface area contributed by atoms with Crippen LogP contribution in [0.25, 0.3) is 11.3 Å². The summed E-state index contributed by atoms with van der Waals surface area (Å²) in [6.07, 6.45) is 6.78. The molecule has 6 nitrogen and oxygen atoms in total. The number of nitrogens with one attached hydrogen (secondary N) is 3. The summed E-state index contributed by atoms with van der Waals surface area (Å²) >= 11 is 0. The second-order valence-electron chi connectivity index (χ2n) is 8.51. The third-order valence-electron chi connectivity index (χ3n) is 6.21. The first kappa shape index (κ1) is 24.1. The molecule has 2 fully saturated rings. The third-order valence-corrected chi connectivity index (χ3v) is 6.21. The van der Waals surface area contributed by atoms with Gasteiger partial charge in [-0.15, -0.1) is 12.4 Å². The number of aromatic nitrogens is 1. The predicted octanol–water partition coefficient (Wildman–Crippen LogP) is 3.47. The van der Waals surface area contributed by atoms with Gasteiger partial charge in [0.1, 0.15) is 5.82 Å². The Morgan fingerprint density at radius 1 is 1.00 bits per heavy atom. The molecule has 1 aliphatic carbocycles. The SMILES string of the molecule is Cl.O=C(N[C@H]1CCC[C@@H](C(=O)NC2CCNCC2)C1)c1ccc(-c2cccc(F)c2)nc1. The van der Waals surface area contributed by atoms with E-state index in [0.717, 1.165) is 45.2 Å². The third kappa shape index (κ3) is 6.26. The van der Waals surface area contributed by atoms with Gasteiger partial charge in [-0.1, -0.05) is 18.6 Å². The Balaban J connectivity index is 0.00000289. The van der Waals surface area contributed by atoms with Crippen LogP contribution in [0.15, 0.2) is 42.6 Å². The maximum absolute atomic E-state index is 13.4. The highest BCUT2D eigenvalue weighted by Gasteiger charge is 2.29. The Hall–Kier alpha value is -2.51. The van der Waals surface area contributed by atoms with Crippen LogP contribution in [-0.4, -0.2) is 42.0 Å². The summed E-state index contributed by atoms with van der Waals surface area (Å²) in [6.45, 7) is 1.89. The monoisotopic (exact) mass is 460 g/mol. The number of carbonyl (C=O) groups is 2. The smallest absolute Gasteiger partial charge is 0.253 e. The van der Waals surface area contributed by atoms with Gasteiger partial charge in [-0.25, -0.2) is 4.39 Å². The van der Waals surface area contributed by atoms with E-state index in [1.165, 1.54) is 18.3 Å². The average molecular weight is 461 g/mol. The van der Waals surface area contributed by atoms with E-state index in [4.69, 9.17) is 0 Å². The summed E-state index contributed by atoms with van der Waals surface area (Å²) in [7, 11) is 0.